The molecule has 2 atom stereocenters. The number of hydrogen-bond donors (Lipinski definition) is 1. The fourth-order valence-electron chi connectivity index (χ4n) is 2.66. The summed E-state index contributed by atoms with van der Waals surface area (Å²) in [5.41, 5.74) is 5.79. The summed E-state index contributed by atoms with van der Waals surface area (Å²) in [5, 5.41) is 2.67. The van der Waals surface area contributed by atoms with Crippen LogP contribution < -0.4 is 5.73 Å². The quantitative estimate of drug-likeness (QED) is 0.916. The van der Waals surface area contributed by atoms with Crippen molar-refractivity contribution < 1.29 is 4.79 Å². The highest BCUT2D eigenvalue weighted by atomic mass is 35.5. The summed E-state index contributed by atoms with van der Waals surface area (Å²) in [6, 6.07) is 2.17. The first-order chi connectivity index (χ1) is 9.10. The van der Waals surface area contributed by atoms with Crippen LogP contribution in [0.3, 0.4) is 0 Å². The minimum Gasteiger partial charge on any atom is -0.338 e. The van der Waals surface area contributed by atoms with Gasteiger partial charge in [-0.3, -0.25) is 4.79 Å². The van der Waals surface area contributed by atoms with Crippen molar-refractivity contribution in [1.29, 1.82) is 0 Å². The van der Waals surface area contributed by atoms with Gasteiger partial charge in [0.1, 0.15) is 0 Å². The van der Waals surface area contributed by atoms with Gasteiger partial charge in [-0.15, -0.1) is 23.7 Å². The molecule has 1 aliphatic heterocycles. The monoisotopic (exact) mass is 336 g/mol. The molecule has 1 fully saturated rings. The van der Waals surface area contributed by atoms with Crippen LogP contribution in [0.2, 0.25) is 5.02 Å². The molecule has 6 heteroatoms. The summed E-state index contributed by atoms with van der Waals surface area (Å²) in [4.78, 5) is 15.5. The van der Waals surface area contributed by atoms with Crippen molar-refractivity contribution in [1.82, 2.24) is 4.90 Å². The van der Waals surface area contributed by atoms with E-state index in [2.05, 4.69) is 6.92 Å². The Balaban J connectivity index is 0.00000200. The van der Waals surface area contributed by atoms with Crippen LogP contribution in [0.4, 0.5) is 0 Å². The predicted octanol–water partition coefficient (Wildman–Crippen LogP) is 3.34. The molecule has 0 bridgehead atoms. The Kier molecular flexibility index (Phi) is 7.30. The smallest absolute Gasteiger partial charge is 0.223 e. The van der Waals surface area contributed by atoms with Gasteiger partial charge in [0.05, 0.1) is 5.02 Å². The van der Waals surface area contributed by atoms with Crippen molar-refractivity contribution in [3.05, 3.63) is 21.3 Å². The van der Waals surface area contributed by atoms with Crippen LogP contribution in [-0.4, -0.2) is 29.9 Å². The van der Waals surface area contributed by atoms with E-state index in [-0.39, 0.29) is 24.4 Å². The molecule has 2 rings (SSSR count). The van der Waals surface area contributed by atoms with Crippen molar-refractivity contribution in [2.75, 3.05) is 13.1 Å². The summed E-state index contributed by atoms with van der Waals surface area (Å²) < 4.78 is 0. The molecule has 0 aromatic carbocycles. The number of hydrogen-bond acceptors (Lipinski definition) is 3. The molecule has 0 spiro atoms. The predicted molar refractivity (Wildman–Crippen MR) is 87.9 cm³/mol. The summed E-state index contributed by atoms with van der Waals surface area (Å²) in [5.74, 6) is 0.903. The van der Waals surface area contributed by atoms with Gasteiger partial charge >= 0.3 is 0 Å². The number of carbonyl (C=O) groups excluding carboxylic acids is 1. The molecule has 2 heterocycles. The Morgan fingerprint density at radius 1 is 1.60 bits per heavy atom. The number of piperidine rings is 1. The number of thiophene rings is 1. The number of nitrogens with two attached hydrogens (primary N) is 1. The maximum atomic E-state index is 12.3. The van der Waals surface area contributed by atoms with Gasteiger partial charge in [0.15, 0.2) is 0 Å². The molecule has 0 radical (unpaired) electrons. The normalized spacial score (nSPS) is 22.4. The third-order valence-electron chi connectivity index (χ3n) is 3.78. The van der Waals surface area contributed by atoms with E-state index in [0.717, 1.165) is 30.8 Å². The zero-order valence-electron chi connectivity index (χ0n) is 11.7. The minimum atomic E-state index is 0. The second-order valence-corrected chi connectivity index (χ2v) is 6.77. The number of halogens is 2. The SMILES string of the molecule is CC1CCN(C(=O)CCc2cc(Cl)cs2)C(CN)C1.Cl. The molecular formula is C14H22Cl2N2OS. The largest absolute Gasteiger partial charge is 0.338 e. The Morgan fingerprint density at radius 3 is 2.95 bits per heavy atom. The lowest BCUT2D eigenvalue weighted by molar-refractivity contribution is -0.135. The van der Waals surface area contributed by atoms with Gasteiger partial charge in [0.2, 0.25) is 5.91 Å². The molecule has 2 unspecified atom stereocenters. The van der Waals surface area contributed by atoms with Gasteiger partial charge in [-0.2, -0.15) is 0 Å². The maximum absolute atomic E-state index is 12.3. The summed E-state index contributed by atoms with van der Waals surface area (Å²) >= 11 is 7.50. The van der Waals surface area contributed by atoms with Crippen molar-refractivity contribution in [3.63, 3.8) is 0 Å². The van der Waals surface area contributed by atoms with Crippen molar-refractivity contribution >= 4 is 41.3 Å². The Bertz CT molecular complexity index is 439. The van der Waals surface area contributed by atoms with E-state index >= 15 is 0 Å². The van der Waals surface area contributed by atoms with Gasteiger partial charge in [-0.1, -0.05) is 18.5 Å². The van der Waals surface area contributed by atoms with Gasteiger partial charge < -0.3 is 10.6 Å². The van der Waals surface area contributed by atoms with Crippen molar-refractivity contribution in [3.8, 4) is 0 Å². The van der Waals surface area contributed by atoms with Crippen LogP contribution in [0, 0.1) is 5.92 Å². The standard InChI is InChI=1S/C14H21ClN2OS.ClH/c1-10-4-5-17(12(6-10)8-16)14(18)3-2-13-7-11(15)9-19-13;/h7,9-10,12H,2-6,8,16H2,1H3;1H. The lowest BCUT2D eigenvalue weighted by atomic mass is 9.92. The Morgan fingerprint density at radius 2 is 2.35 bits per heavy atom. The maximum Gasteiger partial charge on any atom is 0.223 e. The molecule has 1 aliphatic rings. The zero-order chi connectivity index (χ0) is 13.8. The van der Waals surface area contributed by atoms with Gasteiger partial charge in [-0.05, 0) is 31.2 Å². The lowest BCUT2D eigenvalue weighted by Crippen LogP contribution is -2.49. The molecule has 2 N–H and O–H groups in total. The number of amides is 1. The average Bonchev–Trinajstić information content (AvgIpc) is 2.81. The lowest BCUT2D eigenvalue weighted by Gasteiger charge is -2.38. The highest BCUT2D eigenvalue weighted by Gasteiger charge is 2.28. The van der Waals surface area contributed by atoms with E-state index in [0.29, 0.717) is 18.9 Å². The molecule has 1 saturated heterocycles. The van der Waals surface area contributed by atoms with Crippen LogP contribution in [0.25, 0.3) is 0 Å². The van der Waals surface area contributed by atoms with Crippen LogP contribution in [-0.2, 0) is 11.2 Å². The molecule has 1 aromatic rings. The Hall–Kier alpha value is -0.290. The fraction of sp³-hybridized carbons (Fsp3) is 0.643. The molecule has 114 valence electrons. The second kappa shape index (κ2) is 8.23. The van der Waals surface area contributed by atoms with E-state index < -0.39 is 0 Å². The minimum absolute atomic E-state index is 0. The molecule has 0 saturated carbocycles. The number of likely N-dealkylation sites (tertiary alicyclic amines) is 1. The molecule has 1 amide bonds. The van der Waals surface area contributed by atoms with E-state index in [1.807, 2.05) is 16.3 Å². The van der Waals surface area contributed by atoms with Gasteiger partial charge in [-0.25, -0.2) is 0 Å². The molecule has 1 aromatic heterocycles. The second-order valence-electron chi connectivity index (χ2n) is 5.34. The van der Waals surface area contributed by atoms with Crippen molar-refractivity contribution in [2.45, 2.75) is 38.6 Å². The van der Waals surface area contributed by atoms with E-state index in [4.69, 9.17) is 17.3 Å². The number of aryl methyl sites for hydroxylation is 1. The number of nitrogens with zero attached hydrogens (tertiary/aromatic N) is 1. The number of carbonyl (C=O) groups is 1. The van der Waals surface area contributed by atoms with Crippen molar-refractivity contribution in [2.24, 2.45) is 11.7 Å². The van der Waals surface area contributed by atoms with E-state index in [1.54, 1.807) is 11.3 Å². The molecule has 3 nitrogen and oxygen atoms in total. The first-order valence-electron chi connectivity index (χ1n) is 6.82. The van der Waals surface area contributed by atoms with Crippen LogP contribution in [0.5, 0.6) is 0 Å². The van der Waals surface area contributed by atoms with Gasteiger partial charge in [0, 0.05) is 35.8 Å². The third-order valence-corrected chi connectivity index (χ3v) is 5.12. The zero-order valence-corrected chi connectivity index (χ0v) is 14.1. The fourth-order valence-corrected chi connectivity index (χ4v) is 3.74. The van der Waals surface area contributed by atoms with Gasteiger partial charge in [0.25, 0.3) is 0 Å². The first kappa shape index (κ1) is 17.8. The van der Waals surface area contributed by atoms with Crippen LogP contribution >= 0.6 is 35.3 Å². The number of rotatable bonds is 4. The molecule has 0 aliphatic carbocycles. The molecular weight excluding hydrogens is 315 g/mol. The topological polar surface area (TPSA) is 46.3 Å². The van der Waals surface area contributed by atoms with Crippen LogP contribution in [0.15, 0.2) is 11.4 Å². The summed E-state index contributed by atoms with van der Waals surface area (Å²) in [6.45, 7) is 3.66. The third kappa shape index (κ3) is 4.62. The van der Waals surface area contributed by atoms with Crippen LogP contribution in [0.1, 0.15) is 31.1 Å². The first-order valence-corrected chi connectivity index (χ1v) is 8.08. The Labute approximate surface area is 135 Å². The van der Waals surface area contributed by atoms with E-state index in [9.17, 15) is 4.79 Å². The van der Waals surface area contributed by atoms with E-state index in [1.165, 1.54) is 4.88 Å². The highest BCUT2D eigenvalue weighted by molar-refractivity contribution is 7.10. The summed E-state index contributed by atoms with van der Waals surface area (Å²) in [6.07, 6.45) is 3.46. The summed E-state index contributed by atoms with van der Waals surface area (Å²) in [7, 11) is 0. The highest BCUT2D eigenvalue weighted by Crippen LogP contribution is 2.24. The molecule has 20 heavy (non-hydrogen) atoms. The average molecular weight is 337 g/mol.